The number of benzene rings is 1. The van der Waals surface area contributed by atoms with E-state index in [2.05, 4.69) is 15.4 Å². The first-order valence-corrected chi connectivity index (χ1v) is 11.5. The molecular weight excluding hydrogens is 440 g/mol. The summed E-state index contributed by atoms with van der Waals surface area (Å²) in [7, 11) is -3.70. The predicted molar refractivity (Wildman–Crippen MR) is 115 cm³/mol. The van der Waals surface area contributed by atoms with Gasteiger partial charge >= 0.3 is 6.03 Å². The van der Waals surface area contributed by atoms with Gasteiger partial charge in [0.25, 0.3) is 0 Å². The van der Waals surface area contributed by atoms with E-state index in [1.165, 1.54) is 10.4 Å². The normalized spacial score (nSPS) is 15.1. The summed E-state index contributed by atoms with van der Waals surface area (Å²) in [5, 5.41) is 7.21. The van der Waals surface area contributed by atoms with E-state index in [-0.39, 0.29) is 29.0 Å². The lowest BCUT2D eigenvalue weighted by Gasteiger charge is -2.34. The van der Waals surface area contributed by atoms with Gasteiger partial charge in [-0.05, 0) is 35.9 Å². The van der Waals surface area contributed by atoms with Gasteiger partial charge in [0.1, 0.15) is 4.90 Å². The zero-order valence-corrected chi connectivity index (χ0v) is 18.1. The molecule has 0 radical (unpaired) electrons. The topological polar surface area (TPSA) is 100 Å². The van der Waals surface area contributed by atoms with Crippen molar-refractivity contribution in [1.29, 1.82) is 0 Å². The average molecular weight is 461 g/mol. The molecule has 4 rings (SSSR count). The van der Waals surface area contributed by atoms with Crippen LogP contribution in [0.15, 0.2) is 66.0 Å². The van der Waals surface area contributed by atoms with Gasteiger partial charge in [-0.1, -0.05) is 23.7 Å². The summed E-state index contributed by atoms with van der Waals surface area (Å²) in [6.45, 7) is 1.34. The molecule has 0 atom stereocenters. The molecular formula is C20H21ClN6O3S. The average Bonchev–Trinajstić information content (AvgIpc) is 3.33. The summed E-state index contributed by atoms with van der Waals surface area (Å²) in [5.74, 6) is 0.662. The highest BCUT2D eigenvalue weighted by atomic mass is 35.5. The number of sulfonamides is 1. The third-order valence-corrected chi connectivity index (χ3v) is 7.37. The lowest BCUT2D eigenvalue weighted by molar-refractivity contribution is 0.172. The largest absolute Gasteiger partial charge is 0.334 e. The maximum absolute atomic E-state index is 12.8. The Kier molecular flexibility index (Phi) is 6.21. The molecule has 2 amide bonds. The fourth-order valence-corrected chi connectivity index (χ4v) is 5.23. The molecule has 162 valence electrons. The Labute approximate surface area is 185 Å². The molecule has 1 saturated heterocycles. The van der Waals surface area contributed by atoms with Crippen molar-refractivity contribution in [2.24, 2.45) is 0 Å². The Hall–Kier alpha value is -2.95. The first-order chi connectivity index (χ1) is 14.9. The number of hydrogen-bond donors (Lipinski definition) is 1. The minimum Gasteiger partial charge on any atom is -0.334 e. The van der Waals surface area contributed by atoms with Crippen LogP contribution in [0.4, 0.5) is 4.79 Å². The number of nitrogens with zero attached hydrogens (tertiary/aromatic N) is 5. The molecule has 3 aromatic rings. The number of hydrogen-bond acceptors (Lipinski definition) is 5. The van der Waals surface area contributed by atoms with Gasteiger partial charge in [0.05, 0.1) is 5.02 Å². The molecule has 2 aromatic heterocycles. The van der Waals surface area contributed by atoms with Crippen LogP contribution in [0.1, 0.15) is 5.56 Å². The summed E-state index contributed by atoms with van der Waals surface area (Å²) in [5.41, 5.74) is 0.883. The van der Waals surface area contributed by atoms with Crippen LogP contribution in [-0.4, -0.2) is 64.6 Å². The van der Waals surface area contributed by atoms with E-state index in [4.69, 9.17) is 11.6 Å². The molecule has 11 heteroatoms. The Balaban J connectivity index is 1.33. The van der Waals surface area contributed by atoms with Crippen LogP contribution in [0.25, 0.3) is 5.82 Å². The molecule has 3 heterocycles. The number of carbonyl (C=O) groups is 1. The number of urea groups is 1. The van der Waals surface area contributed by atoms with E-state index in [0.717, 1.165) is 5.56 Å². The fourth-order valence-electron chi connectivity index (χ4n) is 3.31. The molecule has 31 heavy (non-hydrogen) atoms. The Morgan fingerprint density at radius 3 is 2.55 bits per heavy atom. The highest BCUT2D eigenvalue weighted by Gasteiger charge is 2.31. The van der Waals surface area contributed by atoms with Crippen molar-refractivity contribution in [3.63, 3.8) is 0 Å². The predicted octanol–water partition coefficient (Wildman–Crippen LogP) is 2.14. The molecule has 9 nitrogen and oxygen atoms in total. The monoisotopic (exact) mass is 460 g/mol. The number of halogens is 1. The van der Waals surface area contributed by atoms with E-state index < -0.39 is 10.0 Å². The third kappa shape index (κ3) is 4.71. The van der Waals surface area contributed by atoms with E-state index in [9.17, 15) is 13.2 Å². The SMILES string of the molecule is O=C(NCc1ccnc(-n2cccn2)c1)N1CCN(S(=O)(=O)c2ccccc2Cl)CC1. The second kappa shape index (κ2) is 9.04. The van der Waals surface area contributed by atoms with Crippen LogP contribution in [0.3, 0.4) is 0 Å². The zero-order valence-electron chi connectivity index (χ0n) is 16.6. The van der Waals surface area contributed by atoms with Crippen LogP contribution in [0.2, 0.25) is 5.02 Å². The number of carbonyl (C=O) groups excluding carboxylic acids is 1. The standard InChI is InChI=1S/C20H21ClN6O3S/c21-17-4-1-2-5-18(17)31(29,30)26-12-10-25(11-13-26)20(28)23-15-16-6-8-22-19(14-16)27-9-3-7-24-27/h1-9,14H,10-13,15H2,(H,23,28). The van der Waals surface area contributed by atoms with Crippen LogP contribution in [-0.2, 0) is 16.6 Å². The first-order valence-electron chi connectivity index (χ1n) is 9.67. The number of piperazine rings is 1. The summed E-state index contributed by atoms with van der Waals surface area (Å²) in [6, 6.07) is 11.6. The molecule has 0 spiro atoms. The lowest BCUT2D eigenvalue weighted by atomic mass is 10.2. The van der Waals surface area contributed by atoms with Crippen molar-refractivity contribution in [3.05, 3.63) is 71.6 Å². The summed E-state index contributed by atoms with van der Waals surface area (Å²) >= 11 is 6.06. The molecule has 1 fully saturated rings. The summed E-state index contributed by atoms with van der Waals surface area (Å²) in [4.78, 5) is 18.5. The second-order valence-electron chi connectivity index (χ2n) is 6.95. The van der Waals surface area contributed by atoms with E-state index in [1.54, 1.807) is 46.4 Å². The molecule has 0 saturated carbocycles. The van der Waals surface area contributed by atoms with E-state index in [1.807, 2.05) is 18.2 Å². The first kappa shape index (κ1) is 21.3. The second-order valence-corrected chi connectivity index (χ2v) is 9.27. The highest BCUT2D eigenvalue weighted by Crippen LogP contribution is 2.25. The maximum Gasteiger partial charge on any atom is 0.317 e. The molecule has 1 N–H and O–H groups in total. The Morgan fingerprint density at radius 1 is 1.06 bits per heavy atom. The highest BCUT2D eigenvalue weighted by molar-refractivity contribution is 7.89. The van der Waals surface area contributed by atoms with Gasteiger partial charge in [-0.3, -0.25) is 0 Å². The third-order valence-electron chi connectivity index (χ3n) is 4.97. The Morgan fingerprint density at radius 2 is 1.84 bits per heavy atom. The molecule has 0 unspecified atom stereocenters. The smallest absolute Gasteiger partial charge is 0.317 e. The van der Waals surface area contributed by atoms with E-state index >= 15 is 0 Å². The zero-order chi connectivity index (χ0) is 21.8. The van der Waals surface area contributed by atoms with Gasteiger partial charge in [0.15, 0.2) is 5.82 Å². The quantitative estimate of drug-likeness (QED) is 0.628. The fraction of sp³-hybridized carbons (Fsp3) is 0.250. The van der Waals surface area contributed by atoms with Crippen molar-refractivity contribution >= 4 is 27.7 Å². The van der Waals surface area contributed by atoms with E-state index in [0.29, 0.717) is 25.5 Å². The maximum atomic E-state index is 12.8. The van der Waals surface area contributed by atoms with Crippen molar-refractivity contribution in [3.8, 4) is 5.82 Å². The van der Waals surface area contributed by atoms with Crippen LogP contribution < -0.4 is 5.32 Å². The Bertz CT molecular complexity index is 1160. The van der Waals surface area contributed by atoms with Crippen LogP contribution in [0.5, 0.6) is 0 Å². The van der Waals surface area contributed by atoms with Crippen molar-refractivity contribution in [2.45, 2.75) is 11.4 Å². The minimum absolute atomic E-state index is 0.0836. The number of amides is 2. The van der Waals surface area contributed by atoms with Gasteiger partial charge in [-0.25, -0.2) is 22.9 Å². The summed E-state index contributed by atoms with van der Waals surface area (Å²) in [6.07, 6.45) is 5.12. The molecule has 1 aliphatic heterocycles. The van der Waals surface area contributed by atoms with Gasteiger partial charge in [0, 0.05) is 51.3 Å². The number of aromatic nitrogens is 3. The minimum atomic E-state index is -3.70. The molecule has 1 aliphatic rings. The number of rotatable bonds is 5. The van der Waals surface area contributed by atoms with Gasteiger partial charge in [-0.15, -0.1) is 0 Å². The molecule has 0 bridgehead atoms. The van der Waals surface area contributed by atoms with Crippen LogP contribution >= 0.6 is 11.6 Å². The van der Waals surface area contributed by atoms with Gasteiger partial charge < -0.3 is 10.2 Å². The number of nitrogens with one attached hydrogen (secondary N) is 1. The van der Waals surface area contributed by atoms with Crippen molar-refractivity contribution in [2.75, 3.05) is 26.2 Å². The molecule has 1 aromatic carbocycles. The van der Waals surface area contributed by atoms with Gasteiger partial charge in [-0.2, -0.15) is 9.40 Å². The van der Waals surface area contributed by atoms with Crippen molar-refractivity contribution < 1.29 is 13.2 Å². The van der Waals surface area contributed by atoms with Crippen molar-refractivity contribution in [1.82, 2.24) is 29.3 Å². The lowest BCUT2D eigenvalue weighted by Crippen LogP contribution is -2.53. The summed E-state index contributed by atoms with van der Waals surface area (Å²) < 4.78 is 28.7. The molecule has 0 aliphatic carbocycles. The van der Waals surface area contributed by atoms with Gasteiger partial charge in [0.2, 0.25) is 10.0 Å². The number of pyridine rings is 1. The van der Waals surface area contributed by atoms with Crippen LogP contribution in [0, 0.1) is 0 Å².